The van der Waals surface area contributed by atoms with E-state index in [9.17, 15) is 10.1 Å². The molecule has 0 bridgehead atoms. The second kappa shape index (κ2) is 9.04. The number of carbonyl (C=O) groups excluding carboxylic acids is 1. The highest BCUT2D eigenvalue weighted by atomic mass is 35.5. The number of benzene rings is 1. The Labute approximate surface area is 189 Å². The van der Waals surface area contributed by atoms with Crippen molar-refractivity contribution in [1.82, 2.24) is 20.6 Å². The number of guanidine groups is 1. The summed E-state index contributed by atoms with van der Waals surface area (Å²) < 4.78 is 5.83. The van der Waals surface area contributed by atoms with E-state index < -0.39 is 0 Å². The molecule has 1 aromatic carbocycles. The fourth-order valence-electron chi connectivity index (χ4n) is 3.08. The average molecular weight is 447 g/mol. The molecule has 2 aromatic heterocycles. The van der Waals surface area contributed by atoms with Crippen LogP contribution in [0.15, 0.2) is 53.3 Å². The molecule has 1 saturated heterocycles. The Morgan fingerprint density at radius 2 is 2.06 bits per heavy atom. The summed E-state index contributed by atoms with van der Waals surface area (Å²) in [6, 6.07) is 13.0. The molecule has 160 valence electrons. The van der Waals surface area contributed by atoms with Gasteiger partial charge in [0, 0.05) is 11.2 Å². The van der Waals surface area contributed by atoms with Gasteiger partial charge in [0.25, 0.3) is 5.91 Å². The first-order valence-electron chi connectivity index (χ1n) is 9.89. The minimum atomic E-state index is -0.327. The zero-order valence-electron chi connectivity index (χ0n) is 17.4. The molecule has 32 heavy (non-hydrogen) atoms. The van der Waals surface area contributed by atoms with Crippen molar-refractivity contribution in [2.75, 3.05) is 0 Å². The van der Waals surface area contributed by atoms with Crippen molar-refractivity contribution in [3.63, 3.8) is 0 Å². The number of nitrogens with one attached hydrogen (secondary N) is 2. The zero-order chi connectivity index (χ0) is 22.7. The van der Waals surface area contributed by atoms with E-state index in [0.29, 0.717) is 51.3 Å². The maximum atomic E-state index is 12.4. The average Bonchev–Trinajstić information content (AvgIpc) is 3.12. The number of nitriles is 1. The van der Waals surface area contributed by atoms with Crippen LogP contribution in [0.25, 0.3) is 17.1 Å². The molecule has 1 amide bonds. The largest absolute Gasteiger partial charge is 0.487 e. The second-order valence-corrected chi connectivity index (χ2v) is 7.68. The summed E-state index contributed by atoms with van der Waals surface area (Å²) >= 11 is 6.16. The Kier molecular flexibility index (Phi) is 6.01. The maximum absolute atomic E-state index is 12.4. The summed E-state index contributed by atoms with van der Waals surface area (Å²) in [7, 11) is 0. The molecule has 3 aromatic rings. The summed E-state index contributed by atoms with van der Waals surface area (Å²) in [6.45, 7) is 4.06. The number of halogens is 1. The number of pyridine rings is 2. The molecule has 1 fully saturated rings. The summed E-state index contributed by atoms with van der Waals surface area (Å²) in [4.78, 5) is 25.6. The van der Waals surface area contributed by atoms with Gasteiger partial charge < -0.3 is 10.1 Å². The highest BCUT2D eigenvalue weighted by Gasteiger charge is 2.22. The van der Waals surface area contributed by atoms with Crippen molar-refractivity contribution in [3.05, 3.63) is 70.1 Å². The predicted molar refractivity (Wildman–Crippen MR) is 122 cm³/mol. The van der Waals surface area contributed by atoms with Crippen LogP contribution in [0, 0.1) is 11.3 Å². The lowest BCUT2D eigenvalue weighted by molar-refractivity contribution is -0.115. The van der Waals surface area contributed by atoms with Crippen LogP contribution in [0.1, 0.15) is 30.7 Å². The first-order chi connectivity index (χ1) is 15.4. The highest BCUT2D eigenvalue weighted by molar-refractivity contribution is 6.31. The van der Waals surface area contributed by atoms with Gasteiger partial charge in [-0.3, -0.25) is 15.1 Å². The lowest BCUT2D eigenvalue weighted by Crippen LogP contribution is -2.25. The minimum Gasteiger partial charge on any atom is -0.487 e. The van der Waals surface area contributed by atoms with E-state index in [4.69, 9.17) is 16.3 Å². The number of carbonyl (C=O) groups is 1. The Morgan fingerprint density at radius 3 is 2.81 bits per heavy atom. The van der Waals surface area contributed by atoms with Gasteiger partial charge in [-0.2, -0.15) is 5.26 Å². The van der Waals surface area contributed by atoms with Crippen molar-refractivity contribution < 1.29 is 9.53 Å². The van der Waals surface area contributed by atoms with Crippen molar-refractivity contribution in [2.45, 2.75) is 26.5 Å². The molecule has 0 radical (unpaired) electrons. The lowest BCUT2D eigenvalue weighted by atomic mass is 10.2. The quantitative estimate of drug-likeness (QED) is 0.579. The standard InChI is InChI=1S/C23H19ClN6O2/c1-13(2)32-21-15(10-25)12-26-18-8-7-16(28-20(18)21)9-19-22(31)30-23(29-19)27-11-14-5-3-4-6-17(14)24/h3-9,12-13H,11H2,1-2H3,(H2,27,29,30,31)/b19-9-. The van der Waals surface area contributed by atoms with Gasteiger partial charge in [-0.05, 0) is 43.7 Å². The van der Waals surface area contributed by atoms with E-state index in [2.05, 4.69) is 31.7 Å². The topological polar surface area (TPSA) is 112 Å². The highest BCUT2D eigenvalue weighted by Crippen LogP contribution is 2.28. The molecule has 0 spiro atoms. The number of fused-ring (bicyclic) bond motifs is 1. The fourth-order valence-corrected chi connectivity index (χ4v) is 3.28. The van der Waals surface area contributed by atoms with E-state index in [0.717, 1.165) is 5.56 Å². The number of rotatable bonds is 5. The number of hydrogen-bond donors (Lipinski definition) is 2. The van der Waals surface area contributed by atoms with Crippen molar-refractivity contribution in [3.8, 4) is 11.8 Å². The van der Waals surface area contributed by atoms with Gasteiger partial charge in [0.15, 0.2) is 5.75 Å². The summed E-state index contributed by atoms with van der Waals surface area (Å²) in [5.41, 5.74) is 3.00. The van der Waals surface area contributed by atoms with Gasteiger partial charge in [0.05, 0.1) is 23.9 Å². The van der Waals surface area contributed by atoms with Crippen LogP contribution in [0.5, 0.6) is 5.75 Å². The third-order valence-electron chi connectivity index (χ3n) is 4.55. The van der Waals surface area contributed by atoms with Crippen LogP contribution < -0.4 is 15.4 Å². The Morgan fingerprint density at radius 1 is 1.25 bits per heavy atom. The Hall–Kier alpha value is -3.96. The molecule has 1 aliphatic heterocycles. The summed E-state index contributed by atoms with van der Waals surface area (Å²) in [6.07, 6.45) is 2.93. The van der Waals surface area contributed by atoms with Gasteiger partial charge in [0.2, 0.25) is 5.96 Å². The van der Waals surface area contributed by atoms with E-state index >= 15 is 0 Å². The first kappa shape index (κ1) is 21.3. The number of amides is 1. The van der Waals surface area contributed by atoms with Crippen LogP contribution in [-0.2, 0) is 11.3 Å². The third-order valence-corrected chi connectivity index (χ3v) is 4.92. The van der Waals surface area contributed by atoms with Gasteiger partial charge in [0.1, 0.15) is 22.8 Å². The number of ether oxygens (including phenoxy) is 1. The minimum absolute atomic E-state index is 0.143. The monoisotopic (exact) mass is 446 g/mol. The molecule has 4 rings (SSSR count). The van der Waals surface area contributed by atoms with Crippen LogP contribution >= 0.6 is 11.6 Å². The van der Waals surface area contributed by atoms with Crippen molar-refractivity contribution in [1.29, 1.82) is 5.26 Å². The maximum Gasteiger partial charge on any atom is 0.274 e. The van der Waals surface area contributed by atoms with E-state index in [-0.39, 0.29) is 12.0 Å². The number of nitrogens with zero attached hydrogens (tertiary/aromatic N) is 4. The summed E-state index contributed by atoms with van der Waals surface area (Å²) in [5, 5.41) is 15.7. The van der Waals surface area contributed by atoms with Gasteiger partial charge >= 0.3 is 0 Å². The molecule has 9 heteroatoms. The molecule has 0 saturated carbocycles. The number of hydrogen-bond acceptors (Lipinski definition) is 6. The molecular formula is C23H19ClN6O2. The number of aromatic nitrogens is 2. The fraction of sp³-hybridized carbons (Fsp3) is 0.174. The molecule has 1 aliphatic rings. The van der Waals surface area contributed by atoms with E-state index in [1.54, 1.807) is 24.3 Å². The van der Waals surface area contributed by atoms with Crippen LogP contribution in [0.3, 0.4) is 0 Å². The van der Waals surface area contributed by atoms with Gasteiger partial charge in [-0.1, -0.05) is 29.8 Å². The third kappa shape index (κ3) is 4.53. The summed E-state index contributed by atoms with van der Waals surface area (Å²) in [5.74, 6) is 0.380. The molecular weight excluding hydrogens is 428 g/mol. The zero-order valence-corrected chi connectivity index (χ0v) is 18.1. The van der Waals surface area contributed by atoms with E-state index in [1.165, 1.54) is 6.20 Å². The van der Waals surface area contributed by atoms with Crippen LogP contribution in [0.2, 0.25) is 5.02 Å². The second-order valence-electron chi connectivity index (χ2n) is 7.28. The SMILES string of the molecule is CC(C)Oc1c(C#N)cnc2ccc(/C=C3\NC(=NCc4ccccc4Cl)NC3=O)nc12. The normalized spacial score (nSPS) is 15.8. The Bertz CT molecular complexity index is 1310. The molecule has 2 N–H and O–H groups in total. The molecule has 3 heterocycles. The van der Waals surface area contributed by atoms with Crippen LogP contribution in [0.4, 0.5) is 0 Å². The molecule has 8 nitrogen and oxygen atoms in total. The van der Waals surface area contributed by atoms with Gasteiger partial charge in [-0.25, -0.2) is 9.98 Å². The molecule has 0 unspecified atom stereocenters. The van der Waals surface area contributed by atoms with E-state index in [1.807, 2.05) is 32.0 Å². The van der Waals surface area contributed by atoms with Gasteiger partial charge in [-0.15, -0.1) is 0 Å². The van der Waals surface area contributed by atoms with Crippen molar-refractivity contribution in [2.24, 2.45) is 4.99 Å². The van der Waals surface area contributed by atoms with Crippen LogP contribution in [-0.4, -0.2) is 27.9 Å². The lowest BCUT2D eigenvalue weighted by Gasteiger charge is -2.13. The molecule has 0 atom stereocenters. The van der Waals surface area contributed by atoms with Crippen molar-refractivity contribution >= 4 is 40.6 Å². The first-order valence-corrected chi connectivity index (χ1v) is 10.3. The predicted octanol–water partition coefficient (Wildman–Crippen LogP) is 3.56. The molecule has 0 aliphatic carbocycles. The Balaban J connectivity index is 1.62. The smallest absolute Gasteiger partial charge is 0.274 e. The number of aliphatic imine (C=N–C) groups is 1.